The summed E-state index contributed by atoms with van der Waals surface area (Å²) in [6.45, 7) is 8.75. The third-order valence-electron chi connectivity index (χ3n) is 3.69. The van der Waals surface area contributed by atoms with Gasteiger partial charge in [-0.15, -0.1) is 0 Å². The molecular weight excluding hydrogens is 292 g/mol. The second kappa shape index (κ2) is 7.95. The third-order valence-corrected chi connectivity index (χ3v) is 5.83. The van der Waals surface area contributed by atoms with E-state index < -0.39 is 14.6 Å². The Morgan fingerprint density at radius 3 is 2.57 bits per heavy atom. The monoisotopic (exact) mass is 320 g/mol. The summed E-state index contributed by atoms with van der Waals surface area (Å²) in [4.78, 5) is 6.47. The van der Waals surface area contributed by atoms with Crippen molar-refractivity contribution >= 4 is 15.8 Å². The van der Waals surface area contributed by atoms with E-state index in [9.17, 15) is 8.42 Å². The van der Waals surface area contributed by atoms with E-state index in [0.717, 1.165) is 45.8 Å². The average Bonchev–Trinajstić information content (AvgIpc) is 2.41. The molecule has 3 N–H and O–H groups in total. The highest BCUT2D eigenvalue weighted by Gasteiger charge is 2.29. The lowest BCUT2D eigenvalue weighted by Gasteiger charge is -2.26. The van der Waals surface area contributed by atoms with Gasteiger partial charge in [0.1, 0.15) is 0 Å². The van der Waals surface area contributed by atoms with Crippen LogP contribution in [-0.4, -0.2) is 76.2 Å². The number of nitrogens with zero attached hydrogens (tertiary/aromatic N) is 2. The van der Waals surface area contributed by atoms with Gasteiger partial charge in [0.25, 0.3) is 0 Å². The number of morpholine rings is 1. The molecule has 0 radical (unpaired) electrons. The van der Waals surface area contributed by atoms with E-state index in [1.54, 1.807) is 13.8 Å². The first-order valence-electron chi connectivity index (χ1n) is 7.26. The van der Waals surface area contributed by atoms with Crippen LogP contribution in [0.25, 0.3) is 0 Å². The van der Waals surface area contributed by atoms with Crippen LogP contribution in [0.5, 0.6) is 0 Å². The Labute approximate surface area is 127 Å². The highest BCUT2D eigenvalue weighted by atomic mass is 32.2. The van der Waals surface area contributed by atoms with Crippen molar-refractivity contribution in [1.82, 2.24) is 10.2 Å². The largest absolute Gasteiger partial charge is 0.379 e. The molecule has 0 bridgehead atoms. The zero-order chi connectivity index (χ0) is 15.9. The quantitative estimate of drug-likeness (QED) is 0.371. The third kappa shape index (κ3) is 6.62. The molecule has 8 heteroatoms. The smallest absolute Gasteiger partial charge is 0.188 e. The van der Waals surface area contributed by atoms with Gasteiger partial charge < -0.3 is 15.8 Å². The summed E-state index contributed by atoms with van der Waals surface area (Å²) in [6, 6.07) is 0. The van der Waals surface area contributed by atoms with Gasteiger partial charge in [0, 0.05) is 25.9 Å². The standard InChI is InChI=1S/C13H28N4O3S/c1-13(2,21(3,18)19)11-16-12(14)15-5-4-6-17-7-9-20-10-8-17/h4-11H2,1-3H3,(H3,14,15,16). The topological polar surface area (TPSA) is 97.0 Å². The Balaban J connectivity index is 2.23. The van der Waals surface area contributed by atoms with Gasteiger partial charge in [-0.05, 0) is 26.8 Å². The molecule has 0 aromatic heterocycles. The summed E-state index contributed by atoms with van der Waals surface area (Å²) in [6.07, 6.45) is 2.18. The number of sulfone groups is 1. The van der Waals surface area contributed by atoms with Crippen molar-refractivity contribution in [3.8, 4) is 0 Å². The van der Waals surface area contributed by atoms with Crippen LogP contribution in [0.4, 0.5) is 0 Å². The highest BCUT2D eigenvalue weighted by molar-refractivity contribution is 7.92. The minimum absolute atomic E-state index is 0.161. The Kier molecular flexibility index (Phi) is 6.89. The number of rotatable bonds is 7. The number of hydrogen-bond acceptors (Lipinski definition) is 5. The molecule has 1 aliphatic rings. The highest BCUT2D eigenvalue weighted by Crippen LogP contribution is 2.14. The molecule has 1 aliphatic heterocycles. The number of nitrogens with one attached hydrogen (secondary N) is 1. The maximum atomic E-state index is 11.6. The number of nitrogens with two attached hydrogens (primary N) is 1. The fourth-order valence-corrected chi connectivity index (χ4v) is 2.09. The second-order valence-corrected chi connectivity index (χ2v) is 8.62. The molecule has 0 aromatic carbocycles. The van der Waals surface area contributed by atoms with E-state index in [1.165, 1.54) is 6.26 Å². The average molecular weight is 320 g/mol. The van der Waals surface area contributed by atoms with Crippen LogP contribution in [0.2, 0.25) is 0 Å². The van der Waals surface area contributed by atoms with Crippen LogP contribution in [0.15, 0.2) is 4.99 Å². The molecule has 1 rings (SSSR count). The summed E-state index contributed by atoms with van der Waals surface area (Å²) in [7, 11) is -3.15. The molecule has 0 unspecified atom stereocenters. The lowest BCUT2D eigenvalue weighted by molar-refractivity contribution is 0.0376. The van der Waals surface area contributed by atoms with Crippen LogP contribution in [0.1, 0.15) is 20.3 Å². The van der Waals surface area contributed by atoms with Crippen molar-refractivity contribution in [1.29, 1.82) is 0 Å². The van der Waals surface area contributed by atoms with Crippen molar-refractivity contribution in [3.63, 3.8) is 0 Å². The summed E-state index contributed by atoms with van der Waals surface area (Å²) in [5.41, 5.74) is 5.75. The van der Waals surface area contributed by atoms with E-state index in [-0.39, 0.29) is 6.54 Å². The van der Waals surface area contributed by atoms with E-state index in [2.05, 4.69) is 15.2 Å². The van der Waals surface area contributed by atoms with Gasteiger partial charge in [0.15, 0.2) is 15.8 Å². The van der Waals surface area contributed by atoms with E-state index in [4.69, 9.17) is 10.5 Å². The van der Waals surface area contributed by atoms with Crippen LogP contribution < -0.4 is 11.1 Å². The van der Waals surface area contributed by atoms with Crippen molar-refractivity contribution in [3.05, 3.63) is 0 Å². The fourth-order valence-electron chi connectivity index (χ4n) is 1.79. The summed E-state index contributed by atoms with van der Waals surface area (Å²) in [5, 5.41) is 3.02. The molecule has 1 saturated heterocycles. The fraction of sp³-hybridized carbons (Fsp3) is 0.923. The van der Waals surface area contributed by atoms with Crippen molar-refractivity contribution in [2.75, 3.05) is 52.2 Å². The predicted octanol–water partition coefficient (Wildman–Crippen LogP) is -0.564. The van der Waals surface area contributed by atoms with Crippen molar-refractivity contribution in [2.45, 2.75) is 25.0 Å². The van der Waals surface area contributed by atoms with Gasteiger partial charge in [-0.3, -0.25) is 9.89 Å². The lowest BCUT2D eigenvalue weighted by Crippen LogP contribution is -2.40. The van der Waals surface area contributed by atoms with E-state index >= 15 is 0 Å². The van der Waals surface area contributed by atoms with Gasteiger partial charge in [-0.1, -0.05) is 0 Å². The molecular formula is C13H28N4O3S. The maximum Gasteiger partial charge on any atom is 0.188 e. The molecule has 0 atom stereocenters. The van der Waals surface area contributed by atoms with Gasteiger partial charge >= 0.3 is 0 Å². The second-order valence-electron chi connectivity index (χ2n) is 5.97. The zero-order valence-corrected chi connectivity index (χ0v) is 14.1. The molecule has 1 heterocycles. The van der Waals surface area contributed by atoms with Gasteiger partial charge in [0.2, 0.25) is 0 Å². The van der Waals surface area contributed by atoms with Gasteiger partial charge in [0.05, 0.1) is 24.5 Å². The van der Waals surface area contributed by atoms with E-state index in [0.29, 0.717) is 5.96 Å². The van der Waals surface area contributed by atoms with Gasteiger partial charge in [-0.2, -0.15) is 0 Å². The molecule has 1 fully saturated rings. The molecule has 0 spiro atoms. The predicted molar refractivity (Wildman–Crippen MR) is 85.3 cm³/mol. The number of guanidine groups is 1. The van der Waals surface area contributed by atoms with Crippen LogP contribution >= 0.6 is 0 Å². The number of hydrogen-bond donors (Lipinski definition) is 2. The van der Waals surface area contributed by atoms with Crippen LogP contribution in [0.3, 0.4) is 0 Å². The van der Waals surface area contributed by atoms with E-state index in [1.807, 2.05) is 0 Å². The lowest BCUT2D eigenvalue weighted by atomic mass is 10.2. The normalized spacial score (nSPS) is 18.7. The maximum absolute atomic E-state index is 11.6. The minimum Gasteiger partial charge on any atom is -0.379 e. The Morgan fingerprint density at radius 2 is 2.00 bits per heavy atom. The Morgan fingerprint density at radius 1 is 1.38 bits per heavy atom. The summed E-state index contributed by atoms with van der Waals surface area (Å²) >= 11 is 0. The SMILES string of the molecule is CC(C)(CN=C(N)NCCCN1CCOCC1)S(C)(=O)=O. The van der Waals surface area contributed by atoms with Crippen molar-refractivity contribution < 1.29 is 13.2 Å². The first-order valence-corrected chi connectivity index (χ1v) is 9.15. The van der Waals surface area contributed by atoms with Crippen LogP contribution in [0, 0.1) is 0 Å². The molecule has 7 nitrogen and oxygen atoms in total. The first-order chi connectivity index (χ1) is 9.72. The Bertz CT molecular complexity index is 442. The Hall–Kier alpha value is -0.860. The molecule has 0 aromatic rings. The minimum atomic E-state index is -3.15. The zero-order valence-electron chi connectivity index (χ0n) is 13.3. The number of aliphatic imine (C=N–C) groups is 1. The molecule has 0 saturated carbocycles. The summed E-state index contributed by atoms with van der Waals surface area (Å²) in [5.74, 6) is 0.300. The van der Waals surface area contributed by atoms with Crippen LogP contribution in [-0.2, 0) is 14.6 Å². The summed E-state index contributed by atoms with van der Waals surface area (Å²) < 4.78 is 27.5. The van der Waals surface area contributed by atoms with Crippen molar-refractivity contribution in [2.24, 2.45) is 10.7 Å². The molecule has 0 aliphatic carbocycles. The number of ether oxygens (including phenoxy) is 1. The molecule has 0 amide bonds. The first kappa shape index (κ1) is 18.2. The molecule has 124 valence electrons. The molecule has 21 heavy (non-hydrogen) atoms. The van der Waals surface area contributed by atoms with Gasteiger partial charge in [-0.25, -0.2) is 8.42 Å².